The van der Waals surface area contributed by atoms with Crippen molar-refractivity contribution in [1.82, 2.24) is 4.98 Å². The van der Waals surface area contributed by atoms with Gasteiger partial charge in [-0.2, -0.15) is 0 Å². The molecule has 0 aliphatic carbocycles. The van der Waals surface area contributed by atoms with Crippen LogP contribution in [0.4, 0.5) is 11.4 Å². The average molecular weight is 326 g/mol. The minimum absolute atomic E-state index is 0. The highest BCUT2D eigenvalue weighted by molar-refractivity contribution is 6.06. The Morgan fingerprint density at radius 3 is 2.74 bits per heavy atom. The van der Waals surface area contributed by atoms with Gasteiger partial charge in [-0.15, -0.1) is 12.4 Å². The summed E-state index contributed by atoms with van der Waals surface area (Å²) in [6.07, 6.45) is 4.90. The maximum atomic E-state index is 12.1. The Morgan fingerprint density at radius 1 is 1.09 bits per heavy atom. The van der Waals surface area contributed by atoms with Crippen LogP contribution in [-0.2, 0) is 4.79 Å². The molecule has 1 amide bonds. The first-order chi connectivity index (χ1) is 10.7. The monoisotopic (exact) mass is 325 g/mol. The molecule has 2 aromatic carbocycles. The summed E-state index contributed by atoms with van der Waals surface area (Å²) in [5.74, 6) is -0.196. The molecule has 5 heteroatoms. The minimum Gasteiger partial charge on any atom is -0.399 e. The molecule has 3 N–H and O–H groups in total. The lowest BCUT2D eigenvalue weighted by molar-refractivity contribution is -0.111. The van der Waals surface area contributed by atoms with E-state index in [1.165, 1.54) is 6.08 Å². The van der Waals surface area contributed by atoms with Crippen LogP contribution < -0.4 is 11.1 Å². The van der Waals surface area contributed by atoms with Crippen molar-refractivity contribution >= 4 is 46.7 Å². The van der Waals surface area contributed by atoms with E-state index in [-0.39, 0.29) is 18.3 Å². The molecular weight excluding hydrogens is 310 g/mol. The highest BCUT2D eigenvalue weighted by Crippen LogP contribution is 2.20. The van der Waals surface area contributed by atoms with Crippen molar-refractivity contribution < 1.29 is 4.79 Å². The summed E-state index contributed by atoms with van der Waals surface area (Å²) in [6.45, 7) is 0. The van der Waals surface area contributed by atoms with Gasteiger partial charge in [0.1, 0.15) is 0 Å². The number of benzene rings is 2. The van der Waals surface area contributed by atoms with Crippen LogP contribution in [0.3, 0.4) is 0 Å². The molecule has 0 unspecified atom stereocenters. The first kappa shape index (κ1) is 16.5. The number of pyridine rings is 1. The summed E-state index contributed by atoms with van der Waals surface area (Å²) in [4.78, 5) is 16.3. The molecular formula is C18H16ClN3O. The Labute approximate surface area is 140 Å². The second-order valence-corrected chi connectivity index (χ2v) is 4.87. The number of hydrogen-bond donors (Lipinski definition) is 2. The molecule has 1 aromatic heterocycles. The van der Waals surface area contributed by atoms with Gasteiger partial charge in [-0.1, -0.05) is 30.3 Å². The van der Waals surface area contributed by atoms with E-state index in [0.29, 0.717) is 5.69 Å². The number of anilines is 2. The Morgan fingerprint density at radius 2 is 1.91 bits per heavy atom. The van der Waals surface area contributed by atoms with Crippen molar-refractivity contribution in [3.8, 4) is 0 Å². The highest BCUT2D eigenvalue weighted by atomic mass is 35.5. The molecule has 4 nitrogen and oxygen atoms in total. The maximum Gasteiger partial charge on any atom is 0.248 e. The lowest BCUT2D eigenvalue weighted by Crippen LogP contribution is -2.08. The van der Waals surface area contributed by atoms with Crippen LogP contribution in [0.5, 0.6) is 0 Å². The molecule has 0 radical (unpaired) electrons. The second-order valence-electron chi connectivity index (χ2n) is 4.87. The molecule has 116 valence electrons. The van der Waals surface area contributed by atoms with Gasteiger partial charge in [0.05, 0.1) is 11.2 Å². The minimum atomic E-state index is -0.196. The zero-order valence-corrected chi connectivity index (χ0v) is 13.1. The van der Waals surface area contributed by atoms with Gasteiger partial charge >= 0.3 is 0 Å². The van der Waals surface area contributed by atoms with E-state index >= 15 is 0 Å². The summed E-state index contributed by atoms with van der Waals surface area (Å²) >= 11 is 0. The molecule has 3 rings (SSSR count). The Balaban J connectivity index is 0.00000192. The fourth-order valence-electron chi connectivity index (χ4n) is 2.21. The number of nitrogen functional groups attached to an aromatic ring is 1. The van der Waals surface area contributed by atoms with Crippen LogP contribution in [0.1, 0.15) is 5.56 Å². The van der Waals surface area contributed by atoms with E-state index in [2.05, 4.69) is 10.3 Å². The molecule has 3 aromatic rings. The molecule has 23 heavy (non-hydrogen) atoms. The normalized spacial score (nSPS) is 10.4. The van der Waals surface area contributed by atoms with E-state index in [9.17, 15) is 4.79 Å². The molecule has 0 aliphatic heterocycles. The number of halogens is 1. The van der Waals surface area contributed by atoms with Crippen LogP contribution in [0.15, 0.2) is 66.9 Å². The van der Waals surface area contributed by atoms with Crippen LogP contribution in [-0.4, -0.2) is 10.9 Å². The van der Waals surface area contributed by atoms with E-state index < -0.39 is 0 Å². The van der Waals surface area contributed by atoms with Gasteiger partial charge in [-0.3, -0.25) is 9.78 Å². The SMILES string of the molecule is Cl.Nc1cccc(/C=C/C(=O)Nc2ccnc3ccccc23)c1. The van der Waals surface area contributed by atoms with Crippen LogP contribution in [0.25, 0.3) is 17.0 Å². The summed E-state index contributed by atoms with van der Waals surface area (Å²) < 4.78 is 0. The highest BCUT2D eigenvalue weighted by Gasteiger charge is 2.03. The summed E-state index contributed by atoms with van der Waals surface area (Å²) in [5.41, 5.74) is 8.85. The number of fused-ring (bicyclic) bond motifs is 1. The van der Waals surface area contributed by atoms with E-state index in [0.717, 1.165) is 22.2 Å². The van der Waals surface area contributed by atoms with Crippen molar-refractivity contribution in [3.63, 3.8) is 0 Å². The third-order valence-corrected chi connectivity index (χ3v) is 3.24. The van der Waals surface area contributed by atoms with Crippen molar-refractivity contribution in [1.29, 1.82) is 0 Å². The molecule has 0 saturated heterocycles. The van der Waals surface area contributed by atoms with Crippen LogP contribution in [0.2, 0.25) is 0 Å². The quantitative estimate of drug-likeness (QED) is 0.567. The van der Waals surface area contributed by atoms with Gasteiger partial charge in [-0.25, -0.2) is 0 Å². The number of carbonyl (C=O) groups excluding carboxylic acids is 1. The predicted molar refractivity (Wildman–Crippen MR) is 97.5 cm³/mol. The standard InChI is InChI=1S/C18H15N3O.ClH/c19-14-5-3-4-13(12-14)8-9-18(22)21-17-10-11-20-16-7-2-1-6-15(16)17;/h1-12H,19H2,(H,20,21,22);1H/b9-8+;. The van der Waals surface area contributed by atoms with E-state index in [4.69, 9.17) is 5.73 Å². The topological polar surface area (TPSA) is 68.0 Å². The lowest BCUT2D eigenvalue weighted by Gasteiger charge is -2.06. The number of nitrogens with one attached hydrogen (secondary N) is 1. The largest absolute Gasteiger partial charge is 0.399 e. The summed E-state index contributed by atoms with van der Waals surface area (Å²) in [7, 11) is 0. The number of hydrogen-bond acceptors (Lipinski definition) is 3. The summed E-state index contributed by atoms with van der Waals surface area (Å²) in [5, 5.41) is 3.79. The molecule has 0 spiro atoms. The zero-order valence-electron chi connectivity index (χ0n) is 12.3. The fraction of sp³-hybridized carbons (Fsp3) is 0. The van der Waals surface area contributed by atoms with Crippen LogP contribution >= 0.6 is 12.4 Å². The third-order valence-electron chi connectivity index (χ3n) is 3.24. The molecule has 0 atom stereocenters. The van der Waals surface area contributed by atoms with E-state index in [1.54, 1.807) is 24.4 Å². The number of aromatic nitrogens is 1. The van der Waals surface area contributed by atoms with Gasteiger partial charge < -0.3 is 11.1 Å². The number of carbonyl (C=O) groups is 1. The zero-order chi connectivity index (χ0) is 15.4. The first-order valence-electron chi connectivity index (χ1n) is 6.91. The van der Waals surface area contributed by atoms with Gasteiger partial charge in [0.25, 0.3) is 0 Å². The molecule has 1 heterocycles. The lowest BCUT2D eigenvalue weighted by atomic mass is 10.1. The Hall–Kier alpha value is -2.85. The van der Waals surface area contributed by atoms with Gasteiger partial charge in [0.2, 0.25) is 5.91 Å². The summed E-state index contributed by atoms with van der Waals surface area (Å²) in [6, 6.07) is 16.8. The smallest absolute Gasteiger partial charge is 0.248 e. The van der Waals surface area contributed by atoms with E-state index in [1.807, 2.05) is 42.5 Å². The first-order valence-corrected chi connectivity index (χ1v) is 6.91. The molecule has 0 saturated carbocycles. The third kappa shape index (κ3) is 4.08. The van der Waals surface area contributed by atoms with Gasteiger partial charge in [0, 0.05) is 23.3 Å². The molecule has 0 aliphatic rings. The second kappa shape index (κ2) is 7.42. The predicted octanol–water partition coefficient (Wildman–Crippen LogP) is 3.89. The average Bonchev–Trinajstić information content (AvgIpc) is 2.53. The van der Waals surface area contributed by atoms with Crippen LogP contribution in [0, 0.1) is 0 Å². The molecule has 0 bridgehead atoms. The van der Waals surface area contributed by atoms with Crippen molar-refractivity contribution in [2.45, 2.75) is 0 Å². The molecule has 0 fully saturated rings. The van der Waals surface area contributed by atoms with Gasteiger partial charge in [-0.05, 0) is 35.9 Å². The number of nitrogens with two attached hydrogens (primary N) is 1. The maximum absolute atomic E-state index is 12.1. The van der Waals surface area contributed by atoms with Gasteiger partial charge in [0.15, 0.2) is 0 Å². The number of nitrogens with zero attached hydrogens (tertiary/aromatic N) is 1. The fourth-order valence-corrected chi connectivity index (χ4v) is 2.21. The number of amides is 1. The Kier molecular flexibility index (Phi) is 5.33. The van der Waals surface area contributed by atoms with Crippen molar-refractivity contribution in [2.75, 3.05) is 11.1 Å². The number of rotatable bonds is 3. The van der Waals surface area contributed by atoms with Crippen molar-refractivity contribution in [3.05, 3.63) is 72.4 Å². The van der Waals surface area contributed by atoms with Crippen molar-refractivity contribution in [2.24, 2.45) is 0 Å². The Bertz CT molecular complexity index is 856. The number of para-hydroxylation sites is 1.